The van der Waals surface area contributed by atoms with Gasteiger partial charge in [0, 0.05) is 30.5 Å². The Hall–Kier alpha value is -0.410. The summed E-state index contributed by atoms with van der Waals surface area (Å²) in [5.41, 5.74) is 1.21. The van der Waals surface area contributed by atoms with E-state index in [4.69, 9.17) is 4.98 Å². The van der Waals surface area contributed by atoms with E-state index >= 15 is 0 Å². The van der Waals surface area contributed by atoms with Gasteiger partial charge in [0.1, 0.15) is 0 Å². The Labute approximate surface area is 180 Å². The lowest BCUT2D eigenvalue weighted by molar-refractivity contribution is 0.169. The number of hydrogen-bond acceptors (Lipinski definition) is 4. The fraction of sp³-hybridized carbons (Fsp3) is 0.789. The summed E-state index contributed by atoms with van der Waals surface area (Å²) in [5.74, 6) is 0.817. The second-order valence-corrected chi connectivity index (χ2v) is 8.48. The maximum absolute atomic E-state index is 9.37. The van der Waals surface area contributed by atoms with Crippen LogP contribution in [0.3, 0.4) is 0 Å². The molecule has 0 saturated carbocycles. The van der Waals surface area contributed by atoms with Crippen LogP contribution >= 0.6 is 35.3 Å². The van der Waals surface area contributed by atoms with Crippen LogP contribution in [0.4, 0.5) is 0 Å². The van der Waals surface area contributed by atoms with Crippen LogP contribution in [-0.4, -0.2) is 35.7 Å². The number of aliphatic hydroxyl groups is 1. The number of aliphatic hydroxyl groups excluding tert-OH is 1. The van der Waals surface area contributed by atoms with Crippen LogP contribution in [0.1, 0.15) is 71.5 Å². The Balaban J connectivity index is 0.00000625. The molecule has 0 aliphatic rings. The van der Waals surface area contributed by atoms with Crippen molar-refractivity contribution < 1.29 is 5.11 Å². The minimum Gasteiger partial charge on any atom is -0.396 e. The van der Waals surface area contributed by atoms with Crippen molar-refractivity contribution in [1.29, 1.82) is 0 Å². The van der Waals surface area contributed by atoms with Crippen molar-refractivity contribution in [2.75, 3.05) is 19.7 Å². The zero-order valence-corrected chi connectivity index (χ0v) is 20.3. The van der Waals surface area contributed by atoms with Crippen molar-refractivity contribution in [3.63, 3.8) is 0 Å². The molecule has 0 unspecified atom stereocenters. The van der Waals surface area contributed by atoms with Gasteiger partial charge in [-0.15, -0.1) is 35.3 Å². The fourth-order valence-electron chi connectivity index (χ4n) is 2.68. The fourth-order valence-corrected chi connectivity index (χ4v) is 3.57. The maximum Gasteiger partial charge on any atom is 0.191 e. The normalized spacial score (nSPS) is 12.7. The van der Waals surface area contributed by atoms with Crippen LogP contribution in [0, 0.1) is 5.41 Å². The molecule has 1 aromatic heterocycles. The predicted octanol–water partition coefficient (Wildman–Crippen LogP) is 4.30. The van der Waals surface area contributed by atoms with E-state index in [1.807, 2.05) is 0 Å². The average Bonchev–Trinajstić information content (AvgIpc) is 3.05. The van der Waals surface area contributed by atoms with Crippen molar-refractivity contribution in [3.8, 4) is 0 Å². The molecule has 7 heteroatoms. The number of aromatic nitrogens is 1. The Morgan fingerprint density at radius 1 is 1.19 bits per heavy atom. The summed E-state index contributed by atoms with van der Waals surface area (Å²) in [7, 11) is 0. The second-order valence-electron chi connectivity index (χ2n) is 7.62. The van der Waals surface area contributed by atoms with Gasteiger partial charge >= 0.3 is 0 Å². The number of nitrogens with zero attached hydrogens (tertiary/aromatic N) is 2. The highest BCUT2D eigenvalue weighted by molar-refractivity contribution is 14.0. The van der Waals surface area contributed by atoms with Crippen LogP contribution < -0.4 is 10.6 Å². The number of hydrogen-bond donors (Lipinski definition) is 3. The second kappa shape index (κ2) is 12.1. The lowest BCUT2D eigenvalue weighted by atomic mass is 9.79. The molecule has 3 N–H and O–H groups in total. The van der Waals surface area contributed by atoms with Crippen LogP contribution in [0.15, 0.2) is 10.4 Å². The molecule has 0 aliphatic carbocycles. The van der Waals surface area contributed by atoms with E-state index in [9.17, 15) is 5.11 Å². The third-order valence-electron chi connectivity index (χ3n) is 4.71. The van der Waals surface area contributed by atoms with Gasteiger partial charge in [0.25, 0.3) is 0 Å². The molecule has 1 aromatic rings. The Morgan fingerprint density at radius 2 is 1.85 bits per heavy atom. The Kier molecular flexibility index (Phi) is 11.9. The van der Waals surface area contributed by atoms with Gasteiger partial charge in [-0.05, 0) is 31.6 Å². The van der Waals surface area contributed by atoms with E-state index in [1.54, 1.807) is 11.3 Å². The summed E-state index contributed by atoms with van der Waals surface area (Å²) in [4.78, 5) is 9.39. The predicted molar refractivity (Wildman–Crippen MR) is 124 cm³/mol. The van der Waals surface area contributed by atoms with Gasteiger partial charge in [0.05, 0.1) is 17.2 Å². The highest BCUT2D eigenvalue weighted by Gasteiger charge is 2.25. The first kappa shape index (κ1) is 25.6. The summed E-state index contributed by atoms with van der Waals surface area (Å²) in [6, 6.07) is 0. The molecule has 5 nitrogen and oxygen atoms in total. The number of rotatable bonds is 9. The number of aliphatic imine (C=N–C) groups is 1. The summed E-state index contributed by atoms with van der Waals surface area (Å²) in [5, 5.41) is 19.4. The van der Waals surface area contributed by atoms with E-state index in [2.05, 4.69) is 62.5 Å². The number of guanidine groups is 1. The lowest BCUT2D eigenvalue weighted by Crippen LogP contribution is -2.43. The maximum atomic E-state index is 9.37. The highest BCUT2D eigenvalue weighted by Crippen LogP contribution is 2.29. The van der Waals surface area contributed by atoms with E-state index in [1.165, 1.54) is 0 Å². The minimum atomic E-state index is 0. The Bertz CT molecular complexity index is 536. The number of halogens is 1. The average molecular weight is 497 g/mol. The van der Waals surface area contributed by atoms with Gasteiger partial charge in [-0.2, -0.15) is 0 Å². The molecular weight excluding hydrogens is 459 g/mol. The first-order valence-corrected chi connectivity index (χ1v) is 10.3. The zero-order chi connectivity index (χ0) is 18.9. The number of thiazole rings is 1. The molecule has 1 rings (SSSR count). The standard InChI is InChI=1S/C19H36N4OS.HI/c1-7-19(8-2,10-11-24)14-22-17(20-9-3)21-12-15-13-25-16(23-15)18(4,5)6;/h13,24H,7-12,14H2,1-6H3,(H2,20,21,22);1H. The van der Waals surface area contributed by atoms with Gasteiger partial charge in [0.2, 0.25) is 0 Å². The summed E-state index contributed by atoms with van der Waals surface area (Å²) < 4.78 is 0. The largest absolute Gasteiger partial charge is 0.396 e. The lowest BCUT2D eigenvalue weighted by Gasteiger charge is -2.32. The molecule has 0 fully saturated rings. The Morgan fingerprint density at radius 3 is 2.31 bits per heavy atom. The summed E-state index contributed by atoms with van der Waals surface area (Å²) in [6.07, 6.45) is 2.89. The molecule has 26 heavy (non-hydrogen) atoms. The van der Waals surface area contributed by atoms with Crippen LogP contribution in [-0.2, 0) is 12.0 Å². The van der Waals surface area contributed by atoms with E-state index in [-0.39, 0.29) is 41.4 Å². The molecule has 0 saturated heterocycles. The summed E-state index contributed by atoms with van der Waals surface area (Å²) in [6.45, 7) is 15.4. The van der Waals surface area contributed by atoms with Crippen molar-refractivity contribution in [2.45, 2.75) is 72.8 Å². The van der Waals surface area contributed by atoms with Crippen molar-refractivity contribution in [1.82, 2.24) is 15.6 Å². The minimum absolute atomic E-state index is 0. The molecule has 0 amide bonds. The van der Waals surface area contributed by atoms with Gasteiger partial charge in [-0.3, -0.25) is 0 Å². The zero-order valence-electron chi connectivity index (χ0n) is 17.2. The molecule has 0 atom stereocenters. The molecule has 0 radical (unpaired) electrons. The SMILES string of the molecule is CCNC(=NCc1csc(C(C)(C)C)n1)NCC(CC)(CC)CCO.I. The molecular formula is C19H37IN4OS. The molecule has 0 aromatic carbocycles. The molecule has 0 aliphatic heterocycles. The van der Waals surface area contributed by atoms with Gasteiger partial charge in [0.15, 0.2) is 5.96 Å². The van der Waals surface area contributed by atoms with Gasteiger partial charge in [-0.25, -0.2) is 9.98 Å². The van der Waals surface area contributed by atoms with Crippen LogP contribution in [0.5, 0.6) is 0 Å². The van der Waals surface area contributed by atoms with Crippen LogP contribution in [0.25, 0.3) is 0 Å². The van der Waals surface area contributed by atoms with Crippen molar-refractivity contribution in [2.24, 2.45) is 10.4 Å². The van der Waals surface area contributed by atoms with E-state index in [0.717, 1.165) is 49.0 Å². The molecule has 0 spiro atoms. The van der Waals surface area contributed by atoms with Crippen molar-refractivity contribution in [3.05, 3.63) is 16.1 Å². The quantitative estimate of drug-likeness (QED) is 0.271. The van der Waals surface area contributed by atoms with Crippen molar-refractivity contribution >= 4 is 41.3 Å². The molecule has 152 valence electrons. The molecule has 1 heterocycles. The first-order valence-electron chi connectivity index (χ1n) is 9.38. The third kappa shape index (κ3) is 8.08. The first-order chi connectivity index (χ1) is 11.8. The summed E-state index contributed by atoms with van der Waals surface area (Å²) >= 11 is 1.70. The van der Waals surface area contributed by atoms with Gasteiger partial charge in [-0.1, -0.05) is 34.6 Å². The highest BCUT2D eigenvalue weighted by atomic mass is 127. The number of nitrogens with one attached hydrogen (secondary N) is 2. The smallest absolute Gasteiger partial charge is 0.191 e. The third-order valence-corrected chi connectivity index (χ3v) is 6.03. The monoisotopic (exact) mass is 496 g/mol. The van der Waals surface area contributed by atoms with E-state index < -0.39 is 0 Å². The topological polar surface area (TPSA) is 69.5 Å². The van der Waals surface area contributed by atoms with Crippen LogP contribution in [0.2, 0.25) is 0 Å². The van der Waals surface area contributed by atoms with E-state index in [0.29, 0.717) is 6.54 Å². The van der Waals surface area contributed by atoms with Gasteiger partial charge < -0.3 is 15.7 Å². The molecule has 0 bridgehead atoms.